The van der Waals surface area contributed by atoms with Crippen molar-refractivity contribution in [2.45, 2.75) is 0 Å². The molecule has 0 atom stereocenters. The fraction of sp³-hybridized carbons (Fsp3) is 0.125. The van der Waals surface area contributed by atoms with E-state index >= 15 is 0 Å². The Labute approximate surface area is 106 Å². The van der Waals surface area contributed by atoms with Crippen LogP contribution in [0.1, 0.15) is 5.56 Å². The zero-order valence-corrected chi connectivity index (χ0v) is 10.6. The monoisotopic (exact) mass is 237 g/mol. The van der Waals surface area contributed by atoms with Gasteiger partial charge in [0.25, 0.3) is 0 Å². The maximum Gasteiger partial charge on any atom is 0.136 e. The third-order valence-corrected chi connectivity index (χ3v) is 3.12. The van der Waals surface area contributed by atoms with Crippen LogP contribution in [0.4, 0.5) is 5.69 Å². The zero-order valence-electron chi connectivity index (χ0n) is 10.6. The molecule has 3 rings (SSSR count). The van der Waals surface area contributed by atoms with E-state index in [4.69, 9.17) is 4.74 Å². The largest absolute Gasteiger partial charge is 0.456 e. The molecule has 1 aliphatic rings. The van der Waals surface area contributed by atoms with E-state index in [-0.39, 0.29) is 0 Å². The molecule has 0 saturated heterocycles. The fourth-order valence-corrected chi connectivity index (χ4v) is 2.08. The highest BCUT2D eigenvalue weighted by molar-refractivity contribution is 5.67. The van der Waals surface area contributed by atoms with E-state index in [0.29, 0.717) is 0 Å². The van der Waals surface area contributed by atoms with Crippen molar-refractivity contribution in [3.63, 3.8) is 0 Å². The lowest BCUT2D eigenvalue weighted by Gasteiger charge is -2.18. The van der Waals surface area contributed by atoms with Crippen LogP contribution in [0.15, 0.2) is 36.4 Å². The topological polar surface area (TPSA) is 12.5 Å². The summed E-state index contributed by atoms with van der Waals surface area (Å²) in [6.07, 6.45) is 2.15. The number of hydrogen-bond donors (Lipinski definition) is 0. The van der Waals surface area contributed by atoms with Crippen molar-refractivity contribution in [1.29, 1.82) is 0 Å². The van der Waals surface area contributed by atoms with Gasteiger partial charge in [-0.05, 0) is 29.5 Å². The molecule has 1 aliphatic heterocycles. The van der Waals surface area contributed by atoms with Crippen molar-refractivity contribution in [3.05, 3.63) is 52.4 Å². The highest BCUT2D eigenvalue weighted by atomic mass is 16.5. The van der Waals surface area contributed by atoms with E-state index in [9.17, 15) is 0 Å². The Balaban J connectivity index is 2.18. The Morgan fingerprint density at radius 3 is 2.61 bits per heavy atom. The SMILES string of the molecule is C=c1ccc2c(c1)Oc1cc(N(C)C)ccc1C=2. The molecule has 0 fully saturated rings. The van der Waals surface area contributed by atoms with Gasteiger partial charge in [0.1, 0.15) is 11.5 Å². The van der Waals surface area contributed by atoms with Gasteiger partial charge in [0.05, 0.1) is 0 Å². The first-order chi connectivity index (χ1) is 8.63. The molecule has 0 radical (unpaired) electrons. The van der Waals surface area contributed by atoms with Gasteiger partial charge in [0, 0.05) is 36.6 Å². The first-order valence-electron chi connectivity index (χ1n) is 5.93. The summed E-state index contributed by atoms with van der Waals surface area (Å²) < 4.78 is 5.95. The van der Waals surface area contributed by atoms with Gasteiger partial charge in [-0.15, -0.1) is 0 Å². The Kier molecular flexibility index (Phi) is 2.37. The maximum absolute atomic E-state index is 5.95. The van der Waals surface area contributed by atoms with Gasteiger partial charge in [-0.3, -0.25) is 0 Å². The van der Waals surface area contributed by atoms with Gasteiger partial charge < -0.3 is 9.64 Å². The number of ether oxygens (including phenoxy) is 1. The molecular weight excluding hydrogens is 222 g/mol. The van der Waals surface area contributed by atoms with E-state index < -0.39 is 0 Å². The number of rotatable bonds is 1. The van der Waals surface area contributed by atoms with Crippen molar-refractivity contribution in [2.24, 2.45) is 0 Å². The van der Waals surface area contributed by atoms with Crippen molar-refractivity contribution < 1.29 is 4.74 Å². The molecule has 2 nitrogen and oxygen atoms in total. The second kappa shape index (κ2) is 3.91. The summed E-state index contributed by atoms with van der Waals surface area (Å²) in [5.41, 5.74) is 2.25. The fourth-order valence-electron chi connectivity index (χ4n) is 2.08. The average molecular weight is 237 g/mol. The number of fused-ring (bicyclic) bond motifs is 2. The first kappa shape index (κ1) is 10.9. The Morgan fingerprint density at radius 2 is 1.83 bits per heavy atom. The van der Waals surface area contributed by atoms with Gasteiger partial charge in [-0.25, -0.2) is 0 Å². The summed E-state index contributed by atoms with van der Waals surface area (Å²) in [5, 5.41) is 2.07. The minimum Gasteiger partial charge on any atom is -0.456 e. The van der Waals surface area contributed by atoms with Crippen molar-refractivity contribution in [2.75, 3.05) is 19.0 Å². The summed E-state index contributed by atoms with van der Waals surface area (Å²) in [6.45, 7) is 3.93. The van der Waals surface area contributed by atoms with E-state index in [1.807, 2.05) is 32.3 Å². The summed E-state index contributed by atoms with van der Waals surface area (Å²) >= 11 is 0. The summed E-state index contributed by atoms with van der Waals surface area (Å²) in [7, 11) is 4.05. The van der Waals surface area contributed by atoms with Gasteiger partial charge in [0.2, 0.25) is 0 Å². The average Bonchev–Trinajstić information content (AvgIpc) is 2.35. The minimum absolute atomic E-state index is 0.880. The lowest BCUT2D eigenvalue weighted by Crippen LogP contribution is -2.15. The van der Waals surface area contributed by atoms with Crippen LogP contribution in [0.25, 0.3) is 12.7 Å². The number of anilines is 1. The third-order valence-electron chi connectivity index (χ3n) is 3.12. The number of benzene rings is 2. The predicted molar refractivity (Wildman–Crippen MR) is 75.6 cm³/mol. The van der Waals surface area contributed by atoms with Crippen LogP contribution in [-0.4, -0.2) is 14.1 Å². The molecule has 0 bridgehead atoms. The van der Waals surface area contributed by atoms with Crippen LogP contribution < -0.4 is 20.1 Å². The van der Waals surface area contributed by atoms with E-state index in [2.05, 4.69) is 35.8 Å². The molecule has 0 aromatic heterocycles. The lowest BCUT2D eigenvalue weighted by molar-refractivity contribution is 0.473. The molecule has 90 valence electrons. The van der Waals surface area contributed by atoms with E-state index in [1.165, 1.54) is 0 Å². The zero-order chi connectivity index (χ0) is 12.7. The van der Waals surface area contributed by atoms with Crippen LogP contribution in [0.5, 0.6) is 11.5 Å². The summed E-state index contributed by atoms with van der Waals surface area (Å²) in [6, 6.07) is 12.3. The highest BCUT2D eigenvalue weighted by Gasteiger charge is 2.11. The molecular formula is C16H15NO. The van der Waals surface area contributed by atoms with Crippen LogP contribution in [-0.2, 0) is 0 Å². The Bertz CT molecular complexity index is 716. The molecule has 0 aliphatic carbocycles. The van der Waals surface area contributed by atoms with E-state index in [0.717, 1.165) is 33.2 Å². The summed E-state index contributed by atoms with van der Waals surface area (Å²) in [5.74, 6) is 1.78. The molecule has 0 unspecified atom stereocenters. The maximum atomic E-state index is 5.95. The van der Waals surface area contributed by atoms with Gasteiger partial charge in [-0.2, -0.15) is 0 Å². The first-order valence-corrected chi connectivity index (χ1v) is 5.93. The molecule has 2 aromatic rings. The molecule has 2 heteroatoms. The van der Waals surface area contributed by atoms with Crippen LogP contribution in [0, 0.1) is 0 Å². The molecule has 1 heterocycles. The molecule has 0 spiro atoms. The summed E-state index contributed by atoms with van der Waals surface area (Å²) in [4.78, 5) is 2.07. The standard InChI is InChI=1S/C16H15NO/c1-11-4-5-12-9-13-6-7-14(17(2)3)10-16(13)18-15(12)8-11/h4-10H,1H2,2-3H3. The van der Waals surface area contributed by atoms with Gasteiger partial charge in [-0.1, -0.05) is 18.7 Å². The number of hydrogen-bond acceptors (Lipinski definition) is 2. The van der Waals surface area contributed by atoms with Crippen molar-refractivity contribution in [1.82, 2.24) is 0 Å². The molecule has 18 heavy (non-hydrogen) atoms. The second-order valence-electron chi connectivity index (χ2n) is 4.74. The Morgan fingerprint density at radius 1 is 1.00 bits per heavy atom. The van der Waals surface area contributed by atoms with Crippen molar-refractivity contribution >= 4 is 18.3 Å². The van der Waals surface area contributed by atoms with E-state index in [1.54, 1.807) is 0 Å². The molecule has 0 amide bonds. The molecule has 0 N–H and O–H groups in total. The Hall–Kier alpha value is -2.22. The highest BCUT2D eigenvalue weighted by Crippen LogP contribution is 2.30. The molecule has 2 aromatic carbocycles. The second-order valence-corrected chi connectivity index (χ2v) is 4.74. The normalized spacial score (nSPS) is 11.9. The quantitative estimate of drug-likeness (QED) is 0.642. The third kappa shape index (κ3) is 1.76. The van der Waals surface area contributed by atoms with Crippen LogP contribution >= 0.6 is 0 Å². The predicted octanol–water partition coefficient (Wildman–Crippen LogP) is 2.10. The minimum atomic E-state index is 0.880. The van der Waals surface area contributed by atoms with Gasteiger partial charge >= 0.3 is 0 Å². The van der Waals surface area contributed by atoms with Crippen LogP contribution in [0.2, 0.25) is 0 Å². The lowest BCUT2D eigenvalue weighted by atomic mass is 10.1. The van der Waals surface area contributed by atoms with Crippen molar-refractivity contribution in [3.8, 4) is 11.5 Å². The number of nitrogens with zero attached hydrogens (tertiary/aromatic N) is 1. The van der Waals surface area contributed by atoms with Gasteiger partial charge in [0.15, 0.2) is 0 Å². The van der Waals surface area contributed by atoms with Crippen LogP contribution in [0.3, 0.4) is 0 Å². The molecule has 0 saturated carbocycles. The smallest absolute Gasteiger partial charge is 0.136 e.